The third kappa shape index (κ3) is 5.15. The van der Waals surface area contributed by atoms with Crippen molar-refractivity contribution in [2.24, 2.45) is 0 Å². The van der Waals surface area contributed by atoms with Gasteiger partial charge in [0.25, 0.3) is 0 Å². The summed E-state index contributed by atoms with van der Waals surface area (Å²) in [7, 11) is 3.45. The lowest BCUT2D eigenvalue weighted by Crippen LogP contribution is -2.26. The van der Waals surface area contributed by atoms with Crippen LogP contribution in [0.25, 0.3) is 0 Å². The molecule has 0 atom stereocenters. The molecular formula is C23H27ClN2O2. The van der Waals surface area contributed by atoms with Crippen LogP contribution < -0.4 is 4.90 Å². The van der Waals surface area contributed by atoms with Crippen molar-refractivity contribution in [3.05, 3.63) is 70.8 Å². The van der Waals surface area contributed by atoms with Crippen LogP contribution >= 0.6 is 11.6 Å². The number of methoxy groups -OCH3 is 1. The van der Waals surface area contributed by atoms with Crippen LogP contribution in [0.4, 0.5) is 11.4 Å². The molecule has 1 heterocycles. The standard InChI is InChI=1S/C23H27ClN2O2/c1-25(14-5-9-23(27)28-2)15-6-16-26-21-8-4-3-7-18(21)10-11-19-12-13-20(24)17-22(19)26/h3-5,7-9,12-13,17H,6,10-11,14-16H2,1-2H3/b9-5+. The fourth-order valence-corrected chi connectivity index (χ4v) is 3.78. The molecule has 0 aromatic heterocycles. The molecule has 0 radical (unpaired) electrons. The number of hydrogen-bond acceptors (Lipinski definition) is 4. The van der Waals surface area contributed by atoms with E-state index in [0.29, 0.717) is 6.54 Å². The van der Waals surface area contributed by atoms with E-state index in [2.05, 4.69) is 58.0 Å². The topological polar surface area (TPSA) is 32.8 Å². The quantitative estimate of drug-likeness (QED) is 0.503. The minimum atomic E-state index is -0.317. The monoisotopic (exact) mass is 398 g/mol. The number of aryl methyl sites for hydroxylation is 2. The largest absolute Gasteiger partial charge is 0.466 e. The van der Waals surface area contributed by atoms with Crippen molar-refractivity contribution in [2.75, 3.05) is 38.7 Å². The molecule has 0 aliphatic carbocycles. The van der Waals surface area contributed by atoms with Gasteiger partial charge < -0.3 is 14.5 Å². The van der Waals surface area contributed by atoms with E-state index in [0.717, 1.165) is 37.4 Å². The third-order valence-corrected chi connectivity index (χ3v) is 5.31. The van der Waals surface area contributed by atoms with Gasteiger partial charge in [-0.05, 0) is 62.2 Å². The number of esters is 1. The Morgan fingerprint density at radius 2 is 1.93 bits per heavy atom. The average Bonchev–Trinajstić information content (AvgIpc) is 2.85. The lowest BCUT2D eigenvalue weighted by Gasteiger charge is -2.28. The van der Waals surface area contributed by atoms with Crippen LogP contribution in [0.5, 0.6) is 0 Å². The predicted octanol–water partition coefficient (Wildman–Crippen LogP) is 4.63. The second-order valence-corrected chi connectivity index (χ2v) is 7.53. The highest BCUT2D eigenvalue weighted by Gasteiger charge is 2.20. The van der Waals surface area contributed by atoms with Crippen LogP contribution in [0.3, 0.4) is 0 Å². The number of ether oxygens (including phenoxy) is 1. The first-order valence-corrected chi connectivity index (χ1v) is 10.0. The molecule has 0 fully saturated rings. The van der Waals surface area contributed by atoms with Crippen molar-refractivity contribution < 1.29 is 9.53 Å². The Balaban J connectivity index is 1.70. The molecule has 0 unspecified atom stereocenters. The average molecular weight is 399 g/mol. The fraction of sp³-hybridized carbons (Fsp3) is 0.348. The number of benzene rings is 2. The summed E-state index contributed by atoms with van der Waals surface area (Å²) in [6.07, 6.45) is 6.38. The minimum Gasteiger partial charge on any atom is -0.466 e. The number of carbonyl (C=O) groups excluding carboxylic acids is 1. The second kappa shape index (κ2) is 9.76. The van der Waals surface area contributed by atoms with Crippen LogP contribution in [0.1, 0.15) is 17.5 Å². The number of fused-ring (bicyclic) bond motifs is 2. The molecule has 28 heavy (non-hydrogen) atoms. The van der Waals surface area contributed by atoms with Gasteiger partial charge in [0.05, 0.1) is 7.11 Å². The normalized spacial score (nSPS) is 13.4. The van der Waals surface area contributed by atoms with Gasteiger partial charge in [0, 0.05) is 35.6 Å². The van der Waals surface area contributed by atoms with E-state index in [1.165, 1.54) is 35.7 Å². The highest BCUT2D eigenvalue weighted by molar-refractivity contribution is 6.30. The molecular weight excluding hydrogens is 372 g/mol. The lowest BCUT2D eigenvalue weighted by atomic mass is 10.0. The molecule has 1 aliphatic rings. The minimum absolute atomic E-state index is 0.317. The molecule has 0 saturated heterocycles. The van der Waals surface area contributed by atoms with Crippen LogP contribution in [0.15, 0.2) is 54.6 Å². The number of likely N-dealkylation sites (N-methyl/N-ethyl adjacent to an activating group) is 1. The summed E-state index contributed by atoms with van der Waals surface area (Å²) >= 11 is 6.32. The zero-order valence-electron chi connectivity index (χ0n) is 16.5. The van der Waals surface area contributed by atoms with Crippen molar-refractivity contribution in [3.63, 3.8) is 0 Å². The van der Waals surface area contributed by atoms with E-state index in [1.54, 1.807) is 0 Å². The smallest absolute Gasteiger partial charge is 0.330 e. The summed E-state index contributed by atoms with van der Waals surface area (Å²) in [6, 6.07) is 14.9. The molecule has 0 N–H and O–H groups in total. The first-order valence-electron chi connectivity index (χ1n) is 9.65. The summed E-state index contributed by atoms with van der Waals surface area (Å²) in [5.41, 5.74) is 5.21. The van der Waals surface area contributed by atoms with E-state index in [9.17, 15) is 4.79 Å². The number of rotatable bonds is 7. The number of anilines is 2. The zero-order valence-corrected chi connectivity index (χ0v) is 17.3. The highest BCUT2D eigenvalue weighted by atomic mass is 35.5. The maximum absolute atomic E-state index is 11.2. The Morgan fingerprint density at radius 1 is 1.18 bits per heavy atom. The van der Waals surface area contributed by atoms with Crippen molar-refractivity contribution in [2.45, 2.75) is 19.3 Å². The van der Waals surface area contributed by atoms with Crippen molar-refractivity contribution in [1.82, 2.24) is 4.90 Å². The lowest BCUT2D eigenvalue weighted by molar-refractivity contribution is -0.134. The molecule has 5 heteroatoms. The SMILES string of the molecule is COC(=O)/C=C/CN(C)CCCN1c2ccccc2CCc2ccc(Cl)cc21. The molecule has 2 aromatic carbocycles. The summed E-state index contributed by atoms with van der Waals surface area (Å²) < 4.78 is 4.62. The number of carbonyl (C=O) groups is 1. The first-order chi connectivity index (χ1) is 13.6. The Morgan fingerprint density at radius 3 is 2.71 bits per heavy atom. The van der Waals surface area contributed by atoms with E-state index >= 15 is 0 Å². The molecule has 148 valence electrons. The Labute approximate surface area is 172 Å². The molecule has 4 nitrogen and oxygen atoms in total. The van der Waals surface area contributed by atoms with Crippen molar-refractivity contribution in [1.29, 1.82) is 0 Å². The van der Waals surface area contributed by atoms with Gasteiger partial charge in [-0.2, -0.15) is 0 Å². The van der Waals surface area contributed by atoms with E-state index in [1.807, 2.05) is 12.1 Å². The van der Waals surface area contributed by atoms with Crippen LogP contribution in [-0.4, -0.2) is 44.7 Å². The van der Waals surface area contributed by atoms with Gasteiger partial charge in [-0.25, -0.2) is 4.79 Å². The Kier molecular flexibility index (Phi) is 7.12. The molecule has 0 amide bonds. The molecule has 0 bridgehead atoms. The summed E-state index contributed by atoms with van der Waals surface area (Å²) in [6.45, 7) is 2.56. The summed E-state index contributed by atoms with van der Waals surface area (Å²) in [4.78, 5) is 15.8. The van der Waals surface area contributed by atoms with Gasteiger partial charge in [0.2, 0.25) is 0 Å². The van der Waals surface area contributed by atoms with E-state index in [-0.39, 0.29) is 5.97 Å². The highest BCUT2D eigenvalue weighted by Crippen LogP contribution is 2.37. The van der Waals surface area contributed by atoms with Crippen molar-refractivity contribution in [3.8, 4) is 0 Å². The van der Waals surface area contributed by atoms with Crippen LogP contribution in [0.2, 0.25) is 5.02 Å². The third-order valence-electron chi connectivity index (χ3n) is 5.08. The van der Waals surface area contributed by atoms with Gasteiger partial charge in [-0.15, -0.1) is 0 Å². The van der Waals surface area contributed by atoms with Gasteiger partial charge in [-0.1, -0.05) is 41.9 Å². The Hall–Kier alpha value is -2.30. The Bertz CT molecular complexity index is 850. The number of hydrogen-bond donors (Lipinski definition) is 0. The first kappa shape index (κ1) is 20.4. The van der Waals surface area contributed by atoms with Gasteiger partial charge in [-0.3, -0.25) is 0 Å². The van der Waals surface area contributed by atoms with Gasteiger partial charge in [0.1, 0.15) is 0 Å². The van der Waals surface area contributed by atoms with E-state index in [4.69, 9.17) is 11.6 Å². The van der Waals surface area contributed by atoms with Crippen LogP contribution in [0, 0.1) is 0 Å². The molecule has 0 saturated carbocycles. The molecule has 2 aromatic rings. The number of nitrogens with zero attached hydrogens (tertiary/aromatic N) is 2. The van der Waals surface area contributed by atoms with E-state index < -0.39 is 0 Å². The predicted molar refractivity (Wildman–Crippen MR) is 116 cm³/mol. The zero-order chi connectivity index (χ0) is 19.9. The van der Waals surface area contributed by atoms with Crippen molar-refractivity contribution >= 4 is 28.9 Å². The maximum atomic E-state index is 11.2. The maximum Gasteiger partial charge on any atom is 0.330 e. The molecule has 3 rings (SSSR count). The number of para-hydroxylation sites is 1. The summed E-state index contributed by atoms with van der Waals surface area (Å²) in [5, 5.41) is 0.771. The van der Waals surface area contributed by atoms with Crippen LogP contribution in [-0.2, 0) is 22.4 Å². The molecule has 0 spiro atoms. The molecule has 1 aliphatic heterocycles. The summed E-state index contributed by atoms with van der Waals surface area (Å²) in [5.74, 6) is -0.317. The number of halogens is 1. The fourth-order valence-electron chi connectivity index (χ4n) is 3.61. The van der Waals surface area contributed by atoms with Gasteiger partial charge >= 0.3 is 5.97 Å². The second-order valence-electron chi connectivity index (χ2n) is 7.09. The van der Waals surface area contributed by atoms with Gasteiger partial charge in [0.15, 0.2) is 0 Å².